The number of morpholine rings is 1. The maximum Gasteiger partial charge on any atom is 0.202 e. The molecular weight excluding hydrogens is 228 g/mol. The molecule has 2 atom stereocenters. The van der Waals surface area contributed by atoms with Crippen molar-refractivity contribution in [1.82, 2.24) is 14.5 Å². The van der Waals surface area contributed by atoms with Gasteiger partial charge in [-0.1, -0.05) is 0 Å². The molecule has 0 aromatic carbocycles. The van der Waals surface area contributed by atoms with E-state index in [1.807, 2.05) is 24.7 Å². The summed E-state index contributed by atoms with van der Waals surface area (Å²) in [5, 5.41) is 3.38. The monoisotopic (exact) mass is 250 g/mol. The second-order valence-corrected chi connectivity index (χ2v) is 5.44. The predicted molar refractivity (Wildman–Crippen MR) is 70.8 cm³/mol. The van der Waals surface area contributed by atoms with Crippen molar-refractivity contribution in [2.45, 2.75) is 31.9 Å². The van der Waals surface area contributed by atoms with Crippen LogP contribution in [-0.2, 0) is 11.8 Å². The second kappa shape index (κ2) is 4.90. The van der Waals surface area contributed by atoms with Crippen molar-refractivity contribution in [2.24, 2.45) is 7.05 Å². The molecule has 2 unspecified atom stereocenters. The summed E-state index contributed by atoms with van der Waals surface area (Å²) in [6.45, 7) is 6.05. The van der Waals surface area contributed by atoms with Gasteiger partial charge in [-0.2, -0.15) is 0 Å². The Bertz CT molecular complexity index is 417. The molecule has 3 rings (SSSR count). The first-order valence-electron chi connectivity index (χ1n) is 6.82. The molecule has 0 amide bonds. The smallest absolute Gasteiger partial charge is 0.202 e. The first kappa shape index (κ1) is 12.0. The van der Waals surface area contributed by atoms with Crippen LogP contribution in [0.5, 0.6) is 0 Å². The Kier molecular flexibility index (Phi) is 3.26. The Labute approximate surface area is 108 Å². The summed E-state index contributed by atoms with van der Waals surface area (Å²) >= 11 is 0. The lowest BCUT2D eigenvalue weighted by Crippen LogP contribution is -2.48. The summed E-state index contributed by atoms with van der Waals surface area (Å²) in [6, 6.07) is 0.677. The van der Waals surface area contributed by atoms with Crippen LogP contribution in [0, 0.1) is 6.92 Å². The molecule has 3 heterocycles. The van der Waals surface area contributed by atoms with E-state index in [2.05, 4.69) is 15.2 Å². The molecule has 0 bridgehead atoms. The fraction of sp³-hybridized carbons (Fsp3) is 0.769. The number of ether oxygens (including phenoxy) is 1. The van der Waals surface area contributed by atoms with Gasteiger partial charge in [0, 0.05) is 32.4 Å². The highest BCUT2D eigenvalue weighted by atomic mass is 16.5. The fourth-order valence-corrected chi connectivity index (χ4v) is 2.99. The van der Waals surface area contributed by atoms with Crippen molar-refractivity contribution >= 4 is 5.95 Å². The van der Waals surface area contributed by atoms with E-state index in [4.69, 9.17) is 4.74 Å². The fourth-order valence-electron chi connectivity index (χ4n) is 2.99. The van der Waals surface area contributed by atoms with Crippen molar-refractivity contribution < 1.29 is 4.74 Å². The minimum atomic E-state index is 0.288. The molecular formula is C13H22N4O. The predicted octanol–water partition coefficient (Wildman–Crippen LogP) is 1.00. The van der Waals surface area contributed by atoms with Crippen molar-refractivity contribution in [3.63, 3.8) is 0 Å². The number of aromatic nitrogens is 2. The summed E-state index contributed by atoms with van der Waals surface area (Å²) in [6.07, 6.45) is 4.95. The van der Waals surface area contributed by atoms with Gasteiger partial charge < -0.3 is 14.6 Å². The van der Waals surface area contributed by atoms with Gasteiger partial charge in [-0.15, -0.1) is 0 Å². The van der Waals surface area contributed by atoms with E-state index in [1.54, 1.807) is 0 Å². The van der Waals surface area contributed by atoms with Gasteiger partial charge in [0.25, 0.3) is 0 Å². The largest absolute Gasteiger partial charge is 0.373 e. The third kappa shape index (κ3) is 2.37. The van der Waals surface area contributed by atoms with E-state index >= 15 is 0 Å². The van der Waals surface area contributed by atoms with Gasteiger partial charge in [0.2, 0.25) is 5.95 Å². The van der Waals surface area contributed by atoms with E-state index in [-0.39, 0.29) is 6.10 Å². The zero-order chi connectivity index (χ0) is 12.5. The SMILES string of the molecule is Cc1cn(C)c(NCC2CN3CCCC3CO2)n1. The zero-order valence-electron chi connectivity index (χ0n) is 11.2. The standard InChI is InChI=1S/C13H22N4O/c1-10-7-16(2)13(15-10)14-6-12-8-17-5-3-4-11(17)9-18-12/h7,11-12H,3-6,8-9H2,1-2H3,(H,14,15). The first-order chi connectivity index (χ1) is 8.72. The van der Waals surface area contributed by atoms with E-state index in [0.717, 1.165) is 31.3 Å². The molecule has 0 aliphatic carbocycles. The molecule has 5 heteroatoms. The minimum absolute atomic E-state index is 0.288. The van der Waals surface area contributed by atoms with Gasteiger partial charge in [0.05, 0.1) is 18.4 Å². The van der Waals surface area contributed by atoms with E-state index in [9.17, 15) is 0 Å². The lowest BCUT2D eigenvalue weighted by molar-refractivity contribution is -0.0416. The average Bonchev–Trinajstić information content (AvgIpc) is 2.92. The summed E-state index contributed by atoms with van der Waals surface area (Å²) in [5.41, 5.74) is 1.05. The van der Waals surface area contributed by atoms with Crippen molar-refractivity contribution in [3.05, 3.63) is 11.9 Å². The van der Waals surface area contributed by atoms with Crippen LogP contribution in [0.3, 0.4) is 0 Å². The molecule has 1 aromatic rings. The Morgan fingerprint density at radius 1 is 1.56 bits per heavy atom. The lowest BCUT2D eigenvalue weighted by atomic mass is 10.2. The molecule has 2 aliphatic rings. The van der Waals surface area contributed by atoms with Gasteiger partial charge in [0.1, 0.15) is 0 Å². The number of hydrogen-bond acceptors (Lipinski definition) is 4. The van der Waals surface area contributed by atoms with Crippen LogP contribution in [-0.4, -0.2) is 52.8 Å². The Morgan fingerprint density at radius 3 is 3.22 bits per heavy atom. The normalized spacial score (nSPS) is 28.3. The quantitative estimate of drug-likeness (QED) is 0.869. The number of hydrogen-bond donors (Lipinski definition) is 1. The molecule has 1 N–H and O–H groups in total. The van der Waals surface area contributed by atoms with Crippen molar-refractivity contribution in [2.75, 3.05) is 31.6 Å². The van der Waals surface area contributed by atoms with E-state index < -0.39 is 0 Å². The third-order valence-corrected chi connectivity index (χ3v) is 3.95. The molecule has 2 aliphatic heterocycles. The second-order valence-electron chi connectivity index (χ2n) is 5.44. The molecule has 1 aromatic heterocycles. The van der Waals surface area contributed by atoms with Crippen LogP contribution in [0.4, 0.5) is 5.95 Å². The molecule has 0 spiro atoms. The van der Waals surface area contributed by atoms with Gasteiger partial charge >= 0.3 is 0 Å². The first-order valence-corrected chi connectivity index (χ1v) is 6.82. The Balaban J connectivity index is 1.53. The molecule has 0 saturated carbocycles. The highest BCUT2D eigenvalue weighted by Crippen LogP contribution is 2.22. The molecule has 0 radical (unpaired) electrons. The van der Waals surface area contributed by atoms with Crippen LogP contribution >= 0.6 is 0 Å². The van der Waals surface area contributed by atoms with Crippen LogP contribution in [0.15, 0.2) is 6.20 Å². The van der Waals surface area contributed by atoms with E-state index in [0.29, 0.717) is 6.04 Å². The highest BCUT2D eigenvalue weighted by molar-refractivity contribution is 5.28. The van der Waals surface area contributed by atoms with Gasteiger partial charge in [-0.05, 0) is 26.3 Å². The Morgan fingerprint density at radius 2 is 2.44 bits per heavy atom. The summed E-state index contributed by atoms with van der Waals surface area (Å²) < 4.78 is 7.94. The number of rotatable bonds is 3. The minimum Gasteiger partial charge on any atom is -0.373 e. The number of nitrogens with zero attached hydrogens (tertiary/aromatic N) is 3. The lowest BCUT2D eigenvalue weighted by Gasteiger charge is -2.35. The molecule has 5 nitrogen and oxygen atoms in total. The number of nitrogens with one attached hydrogen (secondary N) is 1. The maximum absolute atomic E-state index is 5.92. The van der Waals surface area contributed by atoms with Gasteiger partial charge in [-0.3, -0.25) is 4.90 Å². The summed E-state index contributed by atoms with van der Waals surface area (Å²) in [4.78, 5) is 7.01. The van der Waals surface area contributed by atoms with Crippen LogP contribution in [0.2, 0.25) is 0 Å². The molecule has 2 saturated heterocycles. The maximum atomic E-state index is 5.92. The molecule has 100 valence electrons. The van der Waals surface area contributed by atoms with Crippen LogP contribution < -0.4 is 5.32 Å². The third-order valence-electron chi connectivity index (χ3n) is 3.95. The van der Waals surface area contributed by atoms with E-state index in [1.165, 1.54) is 19.4 Å². The number of fused-ring (bicyclic) bond motifs is 1. The summed E-state index contributed by atoms with van der Waals surface area (Å²) in [7, 11) is 2.01. The van der Waals surface area contributed by atoms with Crippen LogP contribution in [0.25, 0.3) is 0 Å². The zero-order valence-corrected chi connectivity index (χ0v) is 11.2. The van der Waals surface area contributed by atoms with Crippen LogP contribution in [0.1, 0.15) is 18.5 Å². The Hall–Kier alpha value is -1.07. The molecule has 18 heavy (non-hydrogen) atoms. The van der Waals surface area contributed by atoms with Crippen molar-refractivity contribution in [1.29, 1.82) is 0 Å². The van der Waals surface area contributed by atoms with Gasteiger partial charge in [-0.25, -0.2) is 4.98 Å². The van der Waals surface area contributed by atoms with Gasteiger partial charge in [0.15, 0.2) is 0 Å². The number of imidazole rings is 1. The highest BCUT2D eigenvalue weighted by Gasteiger charge is 2.32. The summed E-state index contributed by atoms with van der Waals surface area (Å²) in [5.74, 6) is 0.930. The number of aryl methyl sites for hydroxylation is 2. The number of anilines is 1. The molecule has 2 fully saturated rings. The topological polar surface area (TPSA) is 42.3 Å². The average molecular weight is 250 g/mol. The van der Waals surface area contributed by atoms with Crippen molar-refractivity contribution in [3.8, 4) is 0 Å².